The van der Waals surface area contributed by atoms with Crippen LogP contribution in [0.25, 0.3) is 0 Å². The van der Waals surface area contributed by atoms with E-state index >= 15 is 0 Å². The molecule has 2 atom stereocenters. The van der Waals surface area contributed by atoms with Crippen LogP contribution in [0.5, 0.6) is 0 Å². The maximum absolute atomic E-state index is 11.6. The Labute approximate surface area is 114 Å². The second-order valence-electron chi connectivity index (χ2n) is 4.20. The number of halogens is 2. The van der Waals surface area contributed by atoms with Crippen LogP contribution >= 0.6 is 23.2 Å². The van der Waals surface area contributed by atoms with Gasteiger partial charge < -0.3 is 10.4 Å². The van der Waals surface area contributed by atoms with Crippen molar-refractivity contribution in [3.8, 4) is 0 Å². The summed E-state index contributed by atoms with van der Waals surface area (Å²) in [7, 11) is 0. The van der Waals surface area contributed by atoms with Crippen LogP contribution in [0.3, 0.4) is 0 Å². The van der Waals surface area contributed by atoms with Crippen molar-refractivity contribution in [2.24, 2.45) is 5.92 Å². The topological polar surface area (TPSA) is 66.4 Å². The summed E-state index contributed by atoms with van der Waals surface area (Å²) in [5.74, 6) is -1.48. The Hall–Kier alpha value is -1.26. The molecule has 0 bridgehead atoms. The molecule has 1 aromatic rings. The van der Waals surface area contributed by atoms with Crippen molar-refractivity contribution in [3.05, 3.63) is 33.8 Å². The van der Waals surface area contributed by atoms with Gasteiger partial charge in [-0.1, -0.05) is 35.3 Å². The molecule has 1 aliphatic rings. The number of nitrogens with one attached hydrogen (secondary N) is 1. The average Bonchev–Trinajstić information content (AvgIpc) is 3.09. The second kappa shape index (κ2) is 5.16. The number of hydrogen-bond acceptors (Lipinski definition) is 2. The number of aliphatic carboxylic acids is 1. The zero-order valence-corrected chi connectivity index (χ0v) is 10.8. The van der Waals surface area contributed by atoms with Crippen LogP contribution < -0.4 is 5.32 Å². The molecule has 0 radical (unpaired) electrons. The number of amides is 1. The highest BCUT2D eigenvalue weighted by atomic mass is 35.5. The highest BCUT2D eigenvalue weighted by Crippen LogP contribution is 2.50. The first-order chi connectivity index (χ1) is 8.50. The van der Waals surface area contributed by atoms with E-state index < -0.39 is 5.97 Å². The number of carbonyl (C=O) groups excluding carboxylic acids is 1. The van der Waals surface area contributed by atoms with Crippen LogP contribution in [0.4, 0.5) is 0 Å². The van der Waals surface area contributed by atoms with Crippen LogP contribution in [0.15, 0.2) is 18.2 Å². The van der Waals surface area contributed by atoms with E-state index in [1.54, 1.807) is 12.1 Å². The highest BCUT2D eigenvalue weighted by molar-refractivity contribution is 6.42. The fraction of sp³-hybridized carbons (Fsp3) is 0.333. The van der Waals surface area contributed by atoms with Gasteiger partial charge in [0.05, 0.1) is 10.0 Å². The van der Waals surface area contributed by atoms with E-state index in [1.165, 1.54) is 0 Å². The molecule has 96 valence electrons. The van der Waals surface area contributed by atoms with E-state index in [0.717, 1.165) is 5.56 Å². The molecule has 0 aliphatic heterocycles. The van der Waals surface area contributed by atoms with E-state index in [4.69, 9.17) is 28.3 Å². The van der Waals surface area contributed by atoms with Crippen molar-refractivity contribution in [1.29, 1.82) is 0 Å². The Kier molecular flexibility index (Phi) is 3.78. The third kappa shape index (κ3) is 2.76. The third-order valence-corrected chi connectivity index (χ3v) is 3.76. The van der Waals surface area contributed by atoms with Crippen molar-refractivity contribution in [1.82, 2.24) is 5.32 Å². The molecule has 2 rings (SSSR count). The summed E-state index contributed by atoms with van der Waals surface area (Å²) >= 11 is 12.0. The van der Waals surface area contributed by atoms with Crippen LogP contribution in [0.1, 0.15) is 17.9 Å². The molecule has 1 aliphatic carbocycles. The Bertz CT molecular complexity index is 504. The van der Waals surface area contributed by atoms with E-state index in [2.05, 4.69) is 5.32 Å². The third-order valence-electron chi connectivity index (χ3n) is 2.92. The molecule has 4 nitrogen and oxygen atoms in total. The van der Waals surface area contributed by atoms with Gasteiger partial charge in [-0.2, -0.15) is 0 Å². The maximum Gasteiger partial charge on any atom is 0.322 e. The normalized spacial score (nSPS) is 21.4. The predicted molar refractivity (Wildman–Crippen MR) is 68.0 cm³/mol. The Morgan fingerprint density at radius 3 is 2.78 bits per heavy atom. The molecule has 0 heterocycles. The molecule has 0 saturated heterocycles. The molecule has 0 spiro atoms. The number of carbonyl (C=O) groups is 2. The van der Waals surface area contributed by atoms with E-state index in [0.29, 0.717) is 16.5 Å². The minimum atomic E-state index is -1.05. The lowest BCUT2D eigenvalue weighted by molar-refractivity contribution is -0.138. The van der Waals surface area contributed by atoms with Gasteiger partial charge in [0.25, 0.3) is 0 Å². The molecule has 1 amide bonds. The fourth-order valence-electron chi connectivity index (χ4n) is 1.93. The second-order valence-corrected chi connectivity index (χ2v) is 4.99. The van der Waals surface area contributed by atoms with E-state index in [9.17, 15) is 9.59 Å². The number of benzene rings is 1. The van der Waals surface area contributed by atoms with Crippen LogP contribution in [-0.4, -0.2) is 23.5 Å². The quantitative estimate of drug-likeness (QED) is 0.893. The first-order valence-electron chi connectivity index (χ1n) is 5.44. The Morgan fingerprint density at radius 2 is 2.11 bits per heavy atom. The molecule has 0 unspecified atom stereocenters. The van der Waals surface area contributed by atoms with Gasteiger partial charge in [0, 0.05) is 5.92 Å². The van der Waals surface area contributed by atoms with Crippen LogP contribution in [0, 0.1) is 5.92 Å². The fourth-order valence-corrected chi connectivity index (χ4v) is 2.38. The first kappa shape index (κ1) is 13.2. The summed E-state index contributed by atoms with van der Waals surface area (Å²) in [6.07, 6.45) is 0.672. The summed E-state index contributed by atoms with van der Waals surface area (Å²) < 4.78 is 0. The monoisotopic (exact) mass is 287 g/mol. The van der Waals surface area contributed by atoms with Crippen molar-refractivity contribution < 1.29 is 14.7 Å². The van der Waals surface area contributed by atoms with Crippen LogP contribution in [-0.2, 0) is 9.59 Å². The molecule has 6 heteroatoms. The summed E-state index contributed by atoms with van der Waals surface area (Å²) in [6, 6.07) is 5.31. The summed E-state index contributed by atoms with van der Waals surface area (Å²) in [5.41, 5.74) is 0.847. The van der Waals surface area contributed by atoms with Gasteiger partial charge in [-0.05, 0) is 24.0 Å². The minimum Gasteiger partial charge on any atom is -0.480 e. The number of carboxylic acid groups (broad SMARTS) is 1. The minimum absolute atomic E-state index is 0.0324. The van der Waals surface area contributed by atoms with E-state index in [1.807, 2.05) is 6.07 Å². The van der Waals surface area contributed by atoms with Crippen LogP contribution in [0.2, 0.25) is 10.0 Å². The molecular weight excluding hydrogens is 277 g/mol. The molecule has 1 aromatic carbocycles. The molecule has 0 aromatic heterocycles. The van der Waals surface area contributed by atoms with Crippen molar-refractivity contribution in [2.75, 3.05) is 6.54 Å². The average molecular weight is 288 g/mol. The Morgan fingerprint density at radius 1 is 1.39 bits per heavy atom. The van der Waals surface area contributed by atoms with Gasteiger partial charge >= 0.3 is 5.97 Å². The number of rotatable bonds is 4. The van der Waals surface area contributed by atoms with Gasteiger partial charge in [0.1, 0.15) is 6.54 Å². The zero-order chi connectivity index (χ0) is 13.3. The van der Waals surface area contributed by atoms with Gasteiger partial charge in [0.2, 0.25) is 5.91 Å². The lowest BCUT2D eigenvalue weighted by atomic mass is 10.1. The number of hydrogen-bond donors (Lipinski definition) is 2. The van der Waals surface area contributed by atoms with Gasteiger partial charge in [-0.25, -0.2) is 0 Å². The predicted octanol–water partition coefficient (Wildman–Crippen LogP) is 2.30. The van der Waals surface area contributed by atoms with Crippen molar-refractivity contribution >= 4 is 35.1 Å². The molecule has 2 N–H and O–H groups in total. The standard InChI is InChI=1S/C12H11Cl2NO3/c13-9-3-1-2-6(11(9)14)7-4-8(7)12(18)15-5-10(16)17/h1-3,7-8H,4-5H2,(H,15,18)(H,16,17)/t7-,8-/m1/s1. The molecule has 1 saturated carbocycles. The lowest BCUT2D eigenvalue weighted by Crippen LogP contribution is -2.30. The smallest absolute Gasteiger partial charge is 0.322 e. The van der Waals surface area contributed by atoms with Gasteiger partial charge in [-0.3, -0.25) is 9.59 Å². The summed E-state index contributed by atoms with van der Waals surface area (Å²) in [5, 5.41) is 11.8. The van der Waals surface area contributed by atoms with E-state index in [-0.39, 0.29) is 24.3 Å². The molecular formula is C12H11Cl2NO3. The first-order valence-corrected chi connectivity index (χ1v) is 6.19. The molecule has 18 heavy (non-hydrogen) atoms. The van der Waals surface area contributed by atoms with Crippen molar-refractivity contribution in [3.63, 3.8) is 0 Å². The lowest BCUT2D eigenvalue weighted by Gasteiger charge is -2.05. The summed E-state index contributed by atoms with van der Waals surface area (Å²) in [6.45, 7) is -0.356. The highest BCUT2D eigenvalue weighted by Gasteiger charge is 2.45. The molecule has 1 fully saturated rings. The van der Waals surface area contributed by atoms with Gasteiger partial charge in [0.15, 0.2) is 0 Å². The summed E-state index contributed by atoms with van der Waals surface area (Å²) in [4.78, 5) is 22.0. The van der Waals surface area contributed by atoms with Crippen molar-refractivity contribution in [2.45, 2.75) is 12.3 Å². The SMILES string of the molecule is O=C(O)CNC(=O)[C@@H]1C[C@@H]1c1cccc(Cl)c1Cl. The maximum atomic E-state index is 11.6. The Balaban J connectivity index is 2.00. The largest absolute Gasteiger partial charge is 0.480 e. The van der Waals surface area contributed by atoms with Gasteiger partial charge in [-0.15, -0.1) is 0 Å². The zero-order valence-electron chi connectivity index (χ0n) is 9.32. The number of carboxylic acids is 1.